The molecule has 3 amide bonds. The van der Waals surface area contributed by atoms with Crippen molar-refractivity contribution in [1.29, 1.82) is 5.26 Å². The Hall–Kier alpha value is -5.29. The first-order valence-electron chi connectivity index (χ1n) is 10.8. The second-order valence-corrected chi connectivity index (χ2v) is 7.88. The Morgan fingerprint density at radius 2 is 1.60 bits per heavy atom. The van der Waals surface area contributed by atoms with Crippen LogP contribution in [0, 0.1) is 11.3 Å². The largest absolute Gasteiger partial charge is 0.360 e. The molecule has 5 rings (SSSR count). The van der Waals surface area contributed by atoms with Gasteiger partial charge in [0, 0.05) is 40.2 Å². The zero-order valence-corrected chi connectivity index (χ0v) is 18.4. The minimum Gasteiger partial charge on any atom is -0.360 e. The van der Waals surface area contributed by atoms with Crippen molar-refractivity contribution in [3.63, 3.8) is 0 Å². The third-order valence-electron chi connectivity index (χ3n) is 5.38. The molecule has 2 heterocycles. The van der Waals surface area contributed by atoms with E-state index >= 15 is 0 Å². The number of hydrogen-bond donors (Lipinski definition) is 5. The van der Waals surface area contributed by atoms with Gasteiger partial charge in [0.05, 0.1) is 16.8 Å². The highest BCUT2D eigenvalue weighted by atomic mass is 16.2. The molecule has 1 aromatic heterocycles. The maximum Gasteiger partial charge on any atom is 0.323 e. The van der Waals surface area contributed by atoms with Crippen LogP contribution >= 0.6 is 0 Å². The average Bonchev–Trinajstić information content (AvgIpc) is 3.43. The second kappa shape index (κ2) is 9.29. The number of nitriles is 1. The number of para-hydroxylation sites is 1. The van der Waals surface area contributed by atoms with Gasteiger partial charge in [-0.1, -0.05) is 30.3 Å². The van der Waals surface area contributed by atoms with Gasteiger partial charge in [-0.25, -0.2) is 4.79 Å². The fourth-order valence-corrected chi connectivity index (χ4v) is 3.79. The van der Waals surface area contributed by atoms with Crippen LogP contribution in [0.1, 0.15) is 16.8 Å². The number of fused-ring (bicyclic) bond motifs is 1. The number of carbonyl (C=O) groups excluding carboxylic acids is 2. The average molecular weight is 460 g/mol. The van der Waals surface area contributed by atoms with Crippen LogP contribution in [0.15, 0.2) is 85.1 Å². The van der Waals surface area contributed by atoms with Crippen molar-refractivity contribution in [2.45, 2.75) is 0 Å². The molecule has 0 saturated carbocycles. The molecule has 1 aliphatic rings. The molecule has 1 aliphatic heterocycles. The van der Waals surface area contributed by atoms with Gasteiger partial charge in [-0.3, -0.25) is 4.79 Å². The minimum atomic E-state index is -0.336. The van der Waals surface area contributed by atoms with Gasteiger partial charge in [0.15, 0.2) is 0 Å². The fourth-order valence-electron chi connectivity index (χ4n) is 3.79. The topological polar surface area (TPSA) is 122 Å². The molecule has 0 spiro atoms. The Labute approximate surface area is 201 Å². The standard InChI is InChI=1S/C27H20N6O2/c28-15-17-11-22(29-16-17)13-24-23-10-9-21(14-25(23)33-26(24)34)30-19-7-4-8-20(12-19)32-27(35)31-18-5-2-1-3-6-18/h1-14,16,29-30H,(H,33,34)(H2,31,32,35)/b24-13+. The van der Waals surface area contributed by atoms with E-state index in [2.05, 4.69) is 32.3 Å². The smallest absolute Gasteiger partial charge is 0.323 e. The molecule has 0 atom stereocenters. The van der Waals surface area contributed by atoms with Crippen LogP contribution in [-0.4, -0.2) is 16.9 Å². The Morgan fingerprint density at radius 3 is 2.40 bits per heavy atom. The number of benzene rings is 3. The van der Waals surface area contributed by atoms with Gasteiger partial charge in [0.25, 0.3) is 5.91 Å². The lowest BCUT2D eigenvalue weighted by Gasteiger charge is -2.11. The summed E-state index contributed by atoms with van der Waals surface area (Å²) in [5.74, 6) is -0.208. The summed E-state index contributed by atoms with van der Waals surface area (Å²) in [5, 5.41) is 20.8. The summed E-state index contributed by atoms with van der Waals surface area (Å²) in [6.07, 6.45) is 3.33. The van der Waals surface area contributed by atoms with E-state index in [1.807, 2.05) is 66.7 Å². The van der Waals surface area contributed by atoms with Crippen LogP contribution in [0.4, 0.5) is 33.2 Å². The first kappa shape index (κ1) is 21.6. The molecule has 0 bridgehead atoms. The maximum absolute atomic E-state index is 12.5. The predicted octanol–water partition coefficient (Wildman–Crippen LogP) is 5.77. The Bertz CT molecular complexity index is 1500. The monoisotopic (exact) mass is 460 g/mol. The third kappa shape index (κ3) is 4.89. The molecular weight excluding hydrogens is 440 g/mol. The number of nitrogens with zero attached hydrogens (tertiary/aromatic N) is 1. The molecule has 8 nitrogen and oxygen atoms in total. The highest BCUT2D eigenvalue weighted by Crippen LogP contribution is 2.35. The molecule has 170 valence electrons. The summed E-state index contributed by atoms with van der Waals surface area (Å²) >= 11 is 0. The van der Waals surface area contributed by atoms with Gasteiger partial charge in [-0.05, 0) is 54.6 Å². The van der Waals surface area contributed by atoms with E-state index in [1.54, 1.807) is 24.4 Å². The number of aromatic nitrogens is 1. The lowest BCUT2D eigenvalue weighted by Crippen LogP contribution is -2.19. The van der Waals surface area contributed by atoms with E-state index in [0.29, 0.717) is 33.9 Å². The molecule has 0 radical (unpaired) electrons. The van der Waals surface area contributed by atoms with Crippen molar-refractivity contribution in [3.05, 3.63) is 102 Å². The van der Waals surface area contributed by atoms with Crippen LogP contribution < -0.4 is 21.3 Å². The van der Waals surface area contributed by atoms with Gasteiger partial charge >= 0.3 is 6.03 Å². The molecule has 8 heteroatoms. The third-order valence-corrected chi connectivity index (χ3v) is 5.38. The minimum absolute atomic E-state index is 0.208. The van der Waals surface area contributed by atoms with Crippen molar-refractivity contribution in [2.24, 2.45) is 0 Å². The number of carbonyl (C=O) groups is 2. The van der Waals surface area contributed by atoms with Gasteiger partial charge in [-0.15, -0.1) is 0 Å². The summed E-state index contributed by atoms with van der Waals surface area (Å²) < 4.78 is 0. The number of hydrogen-bond acceptors (Lipinski definition) is 4. The molecule has 4 aromatic rings. The van der Waals surface area contributed by atoms with Gasteiger partial charge in [-0.2, -0.15) is 5.26 Å². The number of nitrogens with one attached hydrogen (secondary N) is 5. The van der Waals surface area contributed by atoms with Gasteiger partial charge < -0.3 is 26.3 Å². The highest BCUT2D eigenvalue weighted by molar-refractivity contribution is 6.35. The fraction of sp³-hybridized carbons (Fsp3) is 0. The Kier molecular flexibility index (Phi) is 5.72. The number of anilines is 5. The quantitative estimate of drug-likeness (QED) is 0.243. The van der Waals surface area contributed by atoms with Crippen LogP contribution in [0.3, 0.4) is 0 Å². The number of rotatable bonds is 5. The zero-order valence-electron chi connectivity index (χ0n) is 18.4. The molecule has 0 aliphatic carbocycles. The summed E-state index contributed by atoms with van der Waals surface area (Å²) in [7, 11) is 0. The van der Waals surface area contributed by atoms with Crippen molar-refractivity contribution in [3.8, 4) is 6.07 Å². The van der Waals surface area contributed by atoms with Crippen LogP contribution in [0.25, 0.3) is 11.6 Å². The number of urea groups is 1. The van der Waals surface area contributed by atoms with E-state index in [4.69, 9.17) is 5.26 Å². The van der Waals surface area contributed by atoms with E-state index in [9.17, 15) is 9.59 Å². The Balaban J connectivity index is 1.29. The first-order chi connectivity index (χ1) is 17.1. The van der Waals surface area contributed by atoms with Crippen LogP contribution in [-0.2, 0) is 4.79 Å². The normalized spacial score (nSPS) is 13.0. The lowest BCUT2D eigenvalue weighted by molar-refractivity contribution is -0.110. The highest BCUT2D eigenvalue weighted by Gasteiger charge is 2.24. The number of H-pyrrole nitrogens is 1. The first-order valence-corrected chi connectivity index (χ1v) is 10.8. The zero-order chi connectivity index (χ0) is 24.2. The number of aromatic amines is 1. The van der Waals surface area contributed by atoms with Crippen molar-refractivity contribution in [2.75, 3.05) is 21.3 Å². The maximum atomic E-state index is 12.5. The molecule has 3 aromatic carbocycles. The SMILES string of the molecule is N#Cc1c[nH]c(/C=C2/C(=O)Nc3cc(Nc4cccc(NC(=O)Nc5ccccc5)c4)ccc32)c1. The van der Waals surface area contributed by atoms with Crippen LogP contribution in [0.2, 0.25) is 0 Å². The molecule has 35 heavy (non-hydrogen) atoms. The van der Waals surface area contributed by atoms with Crippen LogP contribution in [0.5, 0.6) is 0 Å². The van der Waals surface area contributed by atoms with Crippen molar-refractivity contribution in [1.82, 2.24) is 4.98 Å². The Morgan fingerprint density at radius 1 is 0.857 bits per heavy atom. The van der Waals surface area contributed by atoms with Crippen molar-refractivity contribution < 1.29 is 9.59 Å². The van der Waals surface area contributed by atoms with E-state index in [1.165, 1.54) is 0 Å². The second-order valence-electron chi connectivity index (χ2n) is 7.88. The molecule has 0 saturated heterocycles. The summed E-state index contributed by atoms with van der Waals surface area (Å²) in [5.41, 5.74) is 6.07. The summed E-state index contributed by atoms with van der Waals surface area (Å²) in [6.45, 7) is 0. The van der Waals surface area contributed by atoms with E-state index < -0.39 is 0 Å². The van der Waals surface area contributed by atoms with E-state index in [0.717, 1.165) is 16.9 Å². The van der Waals surface area contributed by atoms with Gasteiger partial charge in [0.2, 0.25) is 0 Å². The van der Waals surface area contributed by atoms with Crippen molar-refractivity contribution >= 4 is 52.0 Å². The number of amides is 3. The molecule has 0 unspecified atom stereocenters. The van der Waals surface area contributed by atoms with E-state index in [-0.39, 0.29) is 11.9 Å². The lowest BCUT2D eigenvalue weighted by atomic mass is 10.1. The predicted molar refractivity (Wildman–Crippen MR) is 137 cm³/mol. The molecular formula is C27H20N6O2. The van der Waals surface area contributed by atoms with Gasteiger partial charge in [0.1, 0.15) is 6.07 Å². The molecule has 5 N–H and O–H groups in total. The summed E-state index contributed by atoms with van der Waals surface area (Å²) in [6, 6.07) is 25.6. The molecule has 0 fully saturated rings. The summed E-state index contributed by atoms with van der Waals surface area (Å²) in [4.78, 5) is 27.8.